The Kier molecular flexibility index (Phi) is 11.7. The molecular formula is C38H47BrN4O9. The monoisotopic (exact) mass is 782 g/mol. The third-order valence-electron chi connectivity index (χ3n) is 10.7. The Labute approximate surface area is 311 Å². The highest BCUT2D eigenvalue weighted by Crippen LogP contribution is 2.46. The number of nitrogens with one attached hydrogen (secondary N) is 2. The van der Waals surface area contributed by atoms with Gasteiger partial charge in [0.2, 0.25) is 11.8 Å². The second-order valence-corrected chi connectivity index (χ2v) is 14.7. The number of aryl methyl sites for hydroxylation is 1. The number of ketones is 1. The Hall–Kier alpha value is -4.20. The van der Waals surface area contributed by atoms with E-state index in [4.69, 9.17) is 18.9 Å². The fourth-order valence-electron chi connectivity index (χ4n) is 7.74. The first-order chi connectivity index (χ1) is 25.1. The molecule has 3 fully saturated rings. The highest BCUT2D eigenvalue weighted by atomic mass is 79.9. The summed E-state index contributed by atoms with van der Waals surface area (Å²) in [6.07, 6.45) is 9.98. The zero-order chi connectivity index (χ0) is 37.0. The number of hydrogen-bond acceptors (Lipinski definition) is 10. The van der Waals surface area contributed by atoms with E-state index in [2.05, 4.69) is 31.5 Å². The molecule has 1 aromatic carbocycles. The Morgan fingerprint density at radius 1 is 1.04 bits per heavy atom. The molecule has 52 heavy (non-hydrogen) atoms. The van der Waals surface area contributed by atoms with Crippen molar-refractivity contribution in [1.29, 1.82) is 0 Å². The maximum atomic E-state index is 14.5. The number of carbonyl (C=O) groups excluding carboxylic acids is 5. The van der Waals surface area contributed by atoms with Gasteiger partial charge in [-0.05, 0) is 70.4 Å². The van der Waals surface area contributed by atoms with Crippen LogP contribution in [0.2, 0.25) is 0 Å². The van der Waals surface area contributed by atoms with Gasteiger partial charge in [0.1, 0.15) is 47.0 Å². The van der Waals surface area contributed by atoms with E-state index < -0.39 is 47.6 Å². The molecular weight excluding hydrogens is 736 g/mol. The third-order valence-corrected chi connectivity index (χ3v) is 11.2. The number of benzene rings is 1. The number of methoxy groups -OCH3 is 2. The summed E-state index contributed by atoms with van der Waals surface area (Å²) in [5.41, 5.74) is 0.208. The number of halogens is 1. The Morgan fingerprint density at radius 3 is 2.54 bits per heavy atom. The number of aromatic nitrogens is 1. The van der Waals surface area contributed by atoms with Crippen molar-refractivity contribution < 1.29 is 42.9 Å². The van der Waals surface area contributed by atoms with E-state index in [0.29, 0.717) is 41.7 Å². The highest BCUT2D eigenvalue weighted by molar-refractivity contribution is 9.09. The number of Topliss-reactive ketones (excluding diaryl/α,β-unsaturated/α-hetero) is 1. The molecule has 2 aliphatic carbocycles. The fourth-order valence-corrected chi connectivity index (χ4v) is 8.03. The van der Waals surface area contributed by atoms with Crippen LogP contribution >= 0.6 is 15.9 Å². The average Bonchev–Trinajstić information content (AvgIpc) is 3.42. The number of nitrogens with zero attached hydrogens (tertiary/aromatic N) is 2. The van der Waals surface area contributed by atoms with Crippen LogP contribution in [0.5, 0.6) is 11.5 Å². The molecule has 4 aliphatic rings. The summed E-state index contributed by atoms with van der Waals surface area (Å²) in [7, 11) is 2.85. The highest BCUT2D eigenvalue weighted by Gasteiger charge is 2.62. The van der Waals surface area contributed by atoms with Crippen molar-refractivity contribution in [2.75, 3.05) is 26.1 Å². The number of fused-ring (bicyclic) bond motifs is 3. The van der Waals surface area contributed by atoms with Crippen LogP contribution in [0.25, 0.3) is 10.9 Å². The summed E-state index contributed by atoms with van der Waals surface area (Å²) in [5, 5.41) is 6.46. The lowest BCUT2D eigenvalue weighted by Gasteiger charge is -2.29. The molecule has 2 aliphatic heterocycles. The molecule has 5 atom stereocenters. The molecule has 0 spiro atoms. The minimum atomic E-state index is -1.23. The number of ether oxygens (including phenoxy) is 4. The number of esters is 1. The molecule has 2 N–H and O–H groups in total. The number of alkyl carbamates (subject to hydrolysis) is 1. The minimum absolute atomic E-state index is 0.0159. The lowest BCUT2D eigenvalue weighted by atomic mass is 10.0. The molecule has 1 saturated heterocycles. The predicted molar refractivity (Wildman–Crippen MR) is 195 cm³/mol. The first-order valence-corrected chi connectivity index (χ1v) is 19.3. The van der Waals surface area contributed by atoms with Crippen molar-refractivity contribution >= 4 is 56.5 Å². The van der Waals surface area contributed by atoms with Gasteiger partial charge < -0.3 is 34.5 Å². The summed E-state index contributed by atoms with van der Waals surface area (Å²) in [6.45, 7) is 1.86. The van der Waals surface area contributed by atoms with Crippen LogP contribution in [0.1, 0.15) is 86.7 Å². The van der Waals surface area contributed by atoms with Gasteiger partial charge in [-0.1, -0.05) is 40.9 Å². The molecule has 0 radical (unpaired) electrons. The molecule has 3 heterocycles. The molecule has 280 valence electrons. The van der Waals surface area contributed by atoms with E-state index in [-0.39, 0.29) is 41.8 Å². The fraction of sp³-hybridized carbons (Fsp3) is 0.579. The van der Waals surface area contributed by atoms with Gasteiger partial charge in [-0.2, -0.15) is 0 Å². The minimum Gasteiger partial charge on any atom is -0.496 e. The normalized spacial score (nSPS) is 26.7. The van der Waals surface area contributed by atoms with E-state index in [9.17, 15) is 24.0 Å². The van der Waals surface area contributed by atoms with E-state index in [1.807, 2.05) is 19.1 Å². The van der Waals surface area contributed by atoms with Crippen molar-refractivity contribution in [2.24, 2.45) is 5.92 Å². The van der Waals surface area contributed by atoms with Crippen LogP contribution < -0.4 is 20.1 Å². The number of alkyl halides is 1. The molecule has 1 unspecified atom stereocenters. The summed E-state index contributed by atoms with van der Waals surface area (Å²) in [6, 6.07) is 3.21. The molecule has 13 nitrogen and oxygen atoms in total. The van der Waals surface area contributed by atoms with Crippen LogP contribution in [0.4, 0.5) is 4.79 Å². The average molecular weight is 784 g/mol. The lowest BCUT2D eigenvalue weighted by Crippen LogP contribution is -2.56. The second kappa shape index (κ2) is 16.2. The zero-order valence-electron chi connectivity index (χ0n) is 29.9. The van der Waals surface area contributed by atoms with Gasteiger partial charge in [0, 0.05) is 29.4 Å². The maximum absolute atomic E-state index is 14.5. The largest absolute Gasteiger partial charge is 0.496 e. The number of rotatable bonds is 8. The second-order valence-electron chi connectivity index (χ2n) is 14.2. The van der Waals surface area contributed by atoms with Gasteiger partial charge >= 0.3 is 12.1 Å². The van der Waals surface area contributed by atoms with Gasteiger partial charge in [-0.25, -0.2) is 14.6 Å². The molecule has 6 rings (SSSR count). The zero-order valence-corrected chi connectivity index (χ0v) is 31.5. The summed E-state index contributed by atoms with van der Waals surface area (Å²) in [4.78, 5) is 73.8. The van der Waals surface area contributed by atoms with Gasteiger partial charge in [-0.3, -0.25) is 14.4 Å². The van der Waals surface area contributed by atoms with E-state index in [1.165, 1.54) is 12.0 Å². The van der Waals surface area contributed by atoms with Gasteiger partial charge in [0.05, 0.1) is 31.6 Å². The maximum Gasteiger partial charge on any atom is 0.408 e. The topological polar surface area (TPSA) is 162 Å². The molecule has 14 heteroatoms. The Morgan fingerprint density at radius 2 is 1.81 bits per heavy atom. The smallest absolute Gasteiger partial charge is 0.408 e. The molecule has 2 saturated carbocycles. The van der Waals surface area contributed by atoms with Crippen molar-refractivity contribution in [3.05, 3.63) is 41.6 Å². The molecule has 1 aromatic heterocycles. The number of amides is 3. The first-order valence-electron chi connectivity index (χ1n) is 18.2. The van der Waals surface area contributed by atoms with E-state index in [0.717, 1.165) is 50.5 Å². The first kappa shape index (κ1) is 37.6. The van der Waals surface area contributed by atoms with Crippen molar-refractivity contribution in [3.8, 4) is 11.5 Å². The van der Waals surface area contributed by atoms with Gasteiger partial charge in [0.25, 0.3) is 0 Å². The third kappa shape index (κ3) is 7.91. The van der Waals surface area contributed by atoms with E-state index in [1.54, 1.807) is 25.3 Å². The van der Waals surface area contributed by atoms with Crippen LogP contribution in [0.3, 0.4) is 0 Å². The number of allylic oxidation sites excluding steroid dienone is 1. The predicted octanol–water partition coefficient (Wildman–Crippen LogP) is 5.08. The molecule has 0 bridgehead atoms. The van der Waals surface area contributed by atoms with Crippen LogP contribution in [0, 0.1) is 12.8 Å². The quantitative estimate of drug-likeness (QED) is 0.160. The Bertz CT molecular complexity index is 1740. The standard InChI is InChI=1S/C38H47BrN4O9/c1-22-31(49-2)16-15-26-32(18-28(30(44)20-39)40-33(22)26)51-25-17-29-34(45)42-38(36(47)50-3)19-23(38)11-7-5-4-6-8-14-27(35(46)43(29)21-25)41-37(48)52-24-12-9-10-13-24/h7,11,15-16,18,23-25,27,29H,4-6,8-10,12-14,17,19-21H2,1-3H3,(H,41,48)(H,42,45)/t23?,25-,27+,29+,38-/m1/s1. The summed E-state index contributed by atoms with van der Waals surface area (Å²) < 4.78 is 22.9. The van der Waals surface area contributed by atoms with Crippen molar-refractivity contribution in [1.82, 2.24) is 20.5 Å². The summed E-state index contributed by atoms with van der Waals surface area (Å²) in [5.74, 6) is -1.01. The molecule has 2 aromatic rings. The summed E-state index contributed by atoms with van der Waals surface area (Å²) >= 11 is 3.24. The number of carbonyl (C=O) groups is 5. The Balaban J connectivity index is 1.33. The number of pyridine rings is 1. The molecule has 3 amide bonds. The van der Waals surface area contributed by atoms with Crippen LogP contribution in [-0.4, -0.2) is 95.5 Å². The van der Waals surface area contributed by atoms with Crippen LogP contribution in [-0.2, 0) is 23.9 Å². The number of hydrogen-bond donors (Lipinski definition) is 2. The van der Waals surface area contributed by atoms with Gasteiger partial charge in [0.15, 0.2) is 5.78 Å². The van der Waals surface area contributed by atoms with E-state index >= 15 is 0 Å². The van der Waals surface area contributed by atoms with Gasteiger partial charge in [-0.15, -0.1) is 0 Å². The van der Waals surface area contributed by atoms with Crippen molar-refractivity contribution in [3.63, 3.8) is 0 Å². The SMILES string of the molecule is COC(=O)[C@@]12CC1C=CCCCCC[C@H](NC(=O)OC1CCCC1)C(=O)N1C[C@H](Oc3cc(C(=O)CBr)nc4c(C)c(OC)ccc34)C[C@H]1C(=O)N2. The van der Waals surface area contributed by atoms with Crippen LogP contribution in [0.15, 0.2) is 30.4 Å². The van der Waals surface area contributed by atoms with Crippen molar-refractivity contribution in [2.45, 2.75) is 107 Å². The lowest BCUT2D eigenvalue weighted by molar-refractivity contribution is -0.148.